The Morgan fingerprint density at radius 2 is 1.56 bits per heavy atom. The van der Waals surface area contributed by atoms with Gasteiger partial charge in [0.15, 0.2) is 27.3 Å². The fourth-order valence-electron chi connectivity index (χ4n) is 5.54. The highest BCUT2D eigenvalue weighted by atomic mass is 32.2. The first-order valence-electron chi connectivity index (χ1n) is 11.3. The first kappa shape index (κ1) is 26.5. The average Bonchev–Trinajstić information content (AvgIpc) is 2.98. The molecule has 196 valence electrons. The Balaban J connectivity index is 1.59. The molecule has 2 aliphatic rings. The quantitative estimate of drug-likeness (QED) is 0.336. The number of aliphatic hydroxyl groups is 3. The minimum atomic E-state index is -4.34. The number of anilines is 1. The zero-order chi connectivity index (χ0) is 26.6. The van der Waals surface area contributed by atoms with Crippen molar-refractivity contribution in [3.8, 4) is 0 Å². The number of hydrogen-bond donors (Lipinski definition) is 4. The number of halogens is 4. The summed E-state index contributed by atoms with van der Waals surface area (Å²) < 4.78 is 81.5. The van der Waals surface area contributed by atoms with Crippen molar-refractivity contribution in [2.45, 2.75) is 60.6 Å². The van der Waals surface area contributed by atoms with Crippen molar-refractivity contribution in [1.29, 1.82) is 0 Å². The minimum Gasteiger partial charge on any atom is -0.391 e. The van der Waals surface area contributed by atoms with Gasteiger partial charge in [0.2, 0.25) is 0 Å². The summed E-state index contributed by atoms with van der Waals surface area (Å²) in [4.78, 5) is 11.8. The van der Waals surface area contributed by atoms with Crippen molar-refractivity contribution in [3.63, 3.8) is 0 Å². The number of carbonyl (C=O) groups excluding carboxylic acids is 1. The largest absolute Gasteiger partial charge is 0.391 e. The van der Waals surface area contributed by atoms with Gasteiger partial charge in [0.05, 0.1) is 17.0 Å². The van der Waals surface area contributed by atoms with Crippen LogP contribution >= 0.6 is 0 Å². The first-order chi connectivity index (χ1) is 16.8. The molecule has 2 unspecified atom stereocenters. The summed E-state index contributed by atoms with van der Waals surface area (Å²) in [6.07, 6.45) is -2.02. The molecule has 7 nitrogen and oxygen atoms in total. The van der Waals surface area contributed by atoms with Crippen LogP contribution in [0.25, 0.3) is 0 Å². The molecule has 0 radical (unpaired) electrons. The van der Waals surface area contributed by atoms with Crippen LogP contribution in [-0.2, 0) is 9.84 Å². The maximum atomic E-state index is 14.7. The molecule has 4 rings (SSSR count). The molecule has 2 aromatic carbocycles. The van der Waals surface area contributed by atoms with Crippen molar-refractivity contribution < 1.29 is 46.1 Å². The molecule has 0 aromatic heterocycles. The van der Waals surface area contributed by atoms with Gasteiger partial charge in [-0.2, -0.15) is 0 Å². The molecule has 0 heterocycles. The predicted octanol–water partition coefficient (Wildman–Crippen LogP) is 2.93. The van der Waals surface area contributed by atoms with Crippen LogP contribution in [-0.4, -0.2) is 52.7 Å². The van der Waals surface area contributed by atoms with Crippen LogP contribution in [0.2, 0.25) is 0 Å². The highest BCUT2D eigenvalue weighted by Gasteiger charge is 2.59. The number of carbonyl (C=O) groups is 1. The van der Waals surface area contributed by atoms with Gasteiger partial charge in [-0.3, -0.25) is 4.79 Å². The lowest BCUT2D eigenvalue weighted by Crippen LogP contribution is -2.58. The Hall–Kier alpha value is -2.54. The minimum absolute atomic E-state index is 0.0802. The van der Waals surface area contributed by atoms with Crippen LogP contribution < -0.4 is 5.32 Å². The van der Waals surface area contributed by atoms with Gasteiger partial charge < -0.3 is 20.6 Å². The van der Waals surface area contributed by atoms with E-state index in [-0.39, 0.29) is 18.4 Å². The maximum Gasteiger partial charge on any atom is 0.255 e. The topological polar surface area (TPSA) is 124 Å². The Labute approximate surface area is 204 Å². The van der Waals surface area contributed by atoms with E-state index >= 15 is 0 Å². The van der Waals surface area contributed by atoms with Crippen molar-refractivity contribution >= 4 is 21.4 Å². The molecular formula is C24H25F4NO6S. The van der Waals surface area contributed by atoms with E-state index in [0.29, 0.717) is 25.0 Å². The second-order valence-electron chi connectivity index (χ2n) is 9.54. The van der Waals surface area contributed by atoms with E-state index in [1.54, 1.807) is 0 Å². The van der Waals surface area contributed by atoms with Gasteiger partial charge in [0, 0.05) is 23.4 Å². The number of rotatable bonds is 6. The summed E-state index contributed by atoms with van der Waals surface area (Å²) >= 11 is 0. The van der Waals surface area contributed by atoms with Gasteiger partial charge in [-0.05, 0) is 62.6 Å². The monoisotopic (exact) mass is 531 g/mol. The molecule has 0 aliphatic heterocycles. The van der Waals surface area contributed by atoms with E-state index in [4.69, 9.17) is 0 Å². The van der Waals surface area contributed by atoms with E-state index in [2.05, 4.69) is 5.32 Å². The second-order valence-corrected chi connectivity index (χ2v) is 11.7. The molecule has 2 fully saturated rings. The summed E-state index contributed by atoms with van der Waals surface area (Å²) in [6.45, 7) is 1.32. The molecule has 0 saturated heterocycles. The highest BCUT2D eigenvalue weighted by Crippen LogP contribution is 2.53. The number of amides is 1. The lowest BCUT2D eigenvalue weighted by Gasteiger charge is -2.46. The highest BCUT2D eigenvalue weighted by molar-refractivity contribution is 7.92. The molecular weight excluding hydrogens is 506 g/mol. The van der Waals surface area contributed by atoms with E-state index in [1.165, 1.54) is 6.92 Å². The molecule has 4 N–H and O–H groups in total. The summed E-state index contributed by atoms with van der Waals surface area (Å²) in [5, 5.41) is 32.3. The van der Waals surface area contributed by atoms with Gasteiger partial charge in [-0.1, -0.05) is 0 Å². The molecule has 2 aromatic rings. The smallest absolute Gasteiger partial charge is 0.255 e. The SMILES string of the molecule is C[C@H](O)[C@@H](O)[C@]1(O)C2CCC1C[C@@H](S(=O)(=O)c1cc(C(=O)Nc3cc(F)c(F)c(F)c3)ccc1F)C2. The molecule has 2 saturated carbocycles. The number of hydrogen-bond acceptors (Lipinski definition) is 6. The van der Waals surface area contributed by atoms with E-state index in [9.17, 15) is 46.1 Å². The first-order valence-corrected chi connectivity index (χ1v) is 12.9. The molecule has 2 bridgehead atoms. The summed E-state index contributed by atoms with van der Waals surface area (Å²) in [5.41, 5.74) is -2.41. The van der Waals surface area contributed by atoms with Crippen LogP contribution in [0, 0.1) is 35.1 Å². The third-order valence-corrected chi connectivity index (χ3v) is 9.57. The Morgan fingerprint density at radius 3 is 2.08 bits per heavy atom. The third-order valence-electron chi connectivity index (χ3n) is 7.38. The van der Waals surface area contributed by atoms with Gasteiger partial charge in [-0.25, -0.2) is 26.0 Å². The second kappa shape index (κ2) is 9.40. The molecule has 4 atom stereocenters. The summed E-state index contributed by atoms with van der Waals surface area (Å²) in [6, 6.07) is 3.65. The fraction of sp³-hybridized carbons (Fsp3) is 0.458. The Kier molecular flexibility index (Phi) is 6.93. The number of sulfone groups is 1. The summed E-state index contributed by atoms with van der Waals surface area (Å²) in [5.74, 6) is -8.20. The van der Waals surface area contributed by atoms with Crippen LogP contribution in [0.3, 0.4) is 0 Å². The van der Waals surface area contributed by atoms with Crippen LogP contribution in [0.15, 0.2) is 35.2 Å². The number of benzene rings is 2. The number of aliphatic hydroxyl groups excluding tert-OH is 2. The third kappa shape index (κ3) is 4.40. The van der Waals surface area contributed by atoms with Crippen molar-refractivity contribution in [1.82, 2.24) is 0 Å². The zero-order valence-corrected chi connectivity index (χ0v) is 19.9. The zero-order valence-electron chi connectivity index (χ0n) is 19.1. The standard InChI is InChI=1S/C24H25F4NO6S/c1-11(30)22(31)24(33)13-3-4-14(24)8-16(7-13)36(34,35)20-6-12(2-5-17(20)25)23(32)29-15-9-18(26)21(28)19(27)10-15/h2,5-6,9-11,13-14,16,22,30-31,33H,3-4,7-8H2,1H3,(H,29,32)/t11-,13?,14?,16-,22+,24-/m0/s1. The lowest BCUT2D eigenvalue weighted by molar-refractivity contribution is -0.172. The van der Waals surface area contributed by atoms with Crippen molar-refractivity contribution in [2.24, 2.45) is 11.8 Å². The Morgan fingerprint density at radius 1 is 1.00 bits per heavy atom. The van der Waals surface area contributed by atoms with Crippen LogP contribution in [0.1, 0.15) is 43.0 Å². The summed E-state index contributed by atoms with van der Waals surface area (Å²) in [7, 11) is -4.34. The Bertz CT molecular complexity index is 1260. The maximum absolute atomic E-state index is 14.7. The molecule has 12 heteroatoms. The normalized spacial score (nSPS) is 27.5. The molecule has 1 amide bonds. The van der Waals surface area contributed by atoms with Gasteiger partial charge in [0.1, 0.15) is 16.8 Å². The molecule has 0 spiro atoms. The molecule has 2 aliphatic carbocycles. The van der Waals surface area contributed by atoms with Crippen molar-refractivity contribution in [2.75, 3.05) is 5.32 Å². The number of nitrogens with one attached hydrogen (secondary N) is 1. The van der Waals surface area contributed by atoms with Gasteiger partial charge >= 0.3 is 0 Å². The van der Waals surface area contributed by atoms with Gasteiger partial charge in [-0.15, -0.1) is 0 Å². The molecule has 36 heavy (non-hydrogen) atoms. The van der Waals surface area contributed by atoms with Crippen LogP contribution in [0.4, 0.5) is 23.2 Å². The average molecular weight is 532 g/mol. The number of fused-ring (bicyclic) bond motifs is 2. The lowest BCUT2D eigenvalue weighted by atomic mass is 9.70. The van der Waals surface area contributed by atoms with E-state index in [0.717, 1.165) is 18.2 Å². The fourth-order valence-corrected chi connectivity index (χ4v) is 7.50. The van der Waals surface area contributed by atoms with Crippen LogP contribution in [0.5, 0.6) is 0 Å². The predicted molar refractivity (Wildman–Crippen MR) is 120 cm³/mol. The van der Waals surface area contributed by atoms with E-state index < -0.39 is 84.5 Å². The van der Waals surface area contributed by atoms with Crippen molar-refractivity contribution in [3.05, 3.63) is 59.2 Å². The van der Waals surface area contributed by atoms with E-state index in [1.807, 2.05) is 0 Å². The van der Waals surface area contributed by atoms with Gasteiger partial charge in [0.25, 0.3) is 5.91 Å².